The number of amides is 1. The predicted octanol–water partition coefficient (Wildman–Crippen LogP) is 1.39. The molecule has 0 aromatic carbocycles. The molecule has 2 saturated heterocycles. The number of piperidine rings is 1. The fraction of sp³-hybridized carbons (Fsp3) is 0.625. The first-order valence-electron chi connectivity index (χ1n) is 8.21. The molecule has 0 spiro atoms. The van der Waals surface area contributed by atoms with Crippen molar-refractivity contribution < 1.29 is 13.2 Å². The number of carbonyl (C=O) groups excluding carboxylic acids is 1. The van der Waals surface area contributed by atoms with Gasteiger partial charge in [-0.15, -0.1) is 0 Å². The Morgan fingerprint density at radius 1 is 1.22 bits per heavy atom. The van der Waals surface area contributed by atoms with Gasteiger partial charge in [0.25, 0.3) is 0 Å². The molecule has 0 aliphatic carbocycles. The third kappa shape index (κ3) is 3.26. The Balaban J connectivity index is 1.79. The molecule has 3 heterocycles. The smallest absolute Gasteiger partial charge is 0.223 e. The summed E-state index contributed by atoms with van der Waals surface area (Å²) in [5, 5.41) is 0. The van der Waals surface area contributed by atoms with Crippen molar-refractivity contribution in [3.8, 4) is 0 Å². The minimum absolute atomic E-state index is 0.00366. The van der Waals surface area contributed by atoms with E-state index in [-0.39, 0.29) is 23.7 Å². The number of hydrogen-bond acceptors (Lipinski definition) is 4. The van der Waals surface area contributed by atoms with Gasteiger partial charge in [-0.2, -0.15) is 4.31 Å². The van der Waals surface area contributed by atoms with Gasteiger partial charge < -0.3 is 4.90 Å². The lowest BCUT2D eigenvalue weighted by Crippen LogP contribution is -2.53. The summed E-state index contributed by atoms with van der Waals surface area (Å²) in [6.07, 6.45) is 5.84. The van der Waals surface area contributed by atoms with Crippen LogP contribution in [0.2, 0.25) is 0 Å². The number of rotatable bonds is 5. The van der Waals surface area contributed by atoms with E-state index in [0.717, 1.165) is 12.0 Å². The molecule has 1 aromatic heterocycles. The van der Waals surface area contributed by atoms with Gasteiger partial charge in [0.1, 0.15) is 0 Å². The molecule has 0 N–H and O–H groups in total. The van der Waals surface area contributed by atoms with E-state index in [1.165, 1.54) is 0 Å². The van der Waals surface area contributed by atoms with Crippen LogP contribution < -0.4 is 0 Å². The second-order valence-corrected chi connectivity index (χ2v) is 8.31. The first-order chi connectivity index (χ1) is 11.0. The molecule has 0 saturated carbocycles. The highest BCUT2D eigenvalue weighted by molar-refractivity contribution is 7.89. The van der Waals surface area contributed by atoms with E-state index in [1.54, 1.807) is 16.7 Å². The highest BCUT2D eigenvalue weighted by Crippen LogP contribution is 2.34. The van der Waals surface area contributed by atoms with E-state index < -0.39 is 10.0 Å². The number of fused-ring (bicyclic) bond motifs is 1. The standard InChI is InChI=1S/C16H23N3O3S/c1-2-11-23(21,22)19-10-7-14-15(19)3-4-16(20)18(14)12-13-5-8-17-9-6-13/h5-6,8-9,14-15H,2-4,7,10-12H2,1H3/t14-,15-/m0/s1. The molecule has 2 fully saturated rings. The Bertz CT molecular complexity index is 662. The average molecular weight is 337 g/mol. The maximum Gasteiger partial charge on any atom is 0.223 e. The van der Waals surface area contributed by atoms with Crippen LogP contribution in [0.3, 0.4) is 0 Å². The second kappa shape index (κ2) is 6.57. The maximum atomic E-state index is 12.4. The number of sulfonamides is 1. The van der Waals surface area contributed by atoms with Crippen molar-refractivity contribution >= 4 is 15.9 Å². The van der Waals surface area contributed by atoms with Crippen molar-refractivity contribution in [1.29, 1.82) is 0 Å². The van der Waals surface area contributed by atoms with Crippen LogP contribution in [0.1, 0.15) is 38.2 Å². The normalized spacial score (nSPS) is 25.6. The van der Waals surface area contributed by atoms with Gasteiger partial charge in [-0.25, -0.2) is 8.42 Å². The number of aromatic nitrogens is 1. The molecule has 7 heteroatoms. The Hall–Kier alpha value is -1.47. The molecule has 23 heavy (non-hydrogen) atoms. The fourth-order valence-electron chi connectivity index (χ4n) is 3.72. The van der Waals surface area contributed by atoms with Crippen molar-refractivity contribution in [2.45, 2.75) is 51.2 Å². The fourth-order valence-corrected chi connectivity index (χ4v) is 5.51. The zero-order chi connectivity index (χ0) is 16.4. The van der Waals surface area contributed by atoms with Gasteiger partial charge in [0, 0.05) is 44.0 Å². The van der Waals surface area contributed by atoms with Gasteiger partial charge in [0.2, 0.25) is 15.9 Å². The van der Waals surface area contributed by atoms with Gasteiger partial charge in [-0.1, -0.05) is 6.92 Å². The summed E-state index contributed by atoms with van der Waals surface area (Å²) in [7, 11) is -3.21. The van der Waals surface area contributed by atoms with E-state index in [2.05, 4.69) is 4.98 Å². The largest absolute Gasteiger partial charge is 0.334 e. The van der Waals surface area contributed by atoms with Gasteiger partial charge in [-0.3, -0.25) is 9.78 Å². The van der Waals surface area contributed by atoms with Crippen LogP contribution in [-0.2, 0) is 21.4 Å². The van der Waals surface area contributed by atoms with E-state index in [0.29, 0.717) is 32.4 Å². The maximum absolute atomic E-state index is 12.4. The molecule has 0 unspecified atom stereocenters. The number of likely N-dealkylation sites (tertiary alicyclic amines) is 1. The summed E-state index contributed by atoms with van der Waals surface area (Å²) in [5.41, 5.74) is 1.03. The second-order valence-electron chi connectivity index (χ2n) is 6.27. The zero-order valence-electron chi connectivity index (χ0n) is 13.4. The van der Waals surface area contributed by atoms with Gasteiger partial charge >= 0.3 is 0 Å². The minimum atomic E-state index is -3.21. The zero-order valence-corrected chi connectivity index (χ0v) is 14.2. The van der Waals surface area contributed by atoms with Crippen molar-refractivity contribution in [2.24, 2.45) is 0 Å². The predicted molar refractivity (Wildman–Crippen MR) is 87.0 cm³/mol. The average Bonchev–Trinajstić information content (AvgIpc) is 2.96. The molecular weight excluding hydrogens is 314 g/mol. The van der Waals surface area contributed by atoms with Crippen LogP contribution in [0, 0.1) is 0 Å². The molecule has 2 aliphatic rings. The summed E-state index contributed by atoms with van der Waals surface area (Å²) in [4.78, 5) is 18.2. The third-order valence-electron chi connectivity index (χ3n) is 4.76. The van der Waals surface area contributed by atoms with Crippen LogP contribution >= 0.6 is 0 Å². The Kier molecular flexibility index (Phi) is 4.68. The number of nitrogens with zero attached hydrogens (tertiary/aromatic N) is 3. The molecule has 0 bridgehead atoms. The van der Waals surface area contributed by atoms with Crippen LogP contribution in [0.25, 0.3) is 0 Å². The van der Waals surface area contributed by atoms with Crippen molar-refractivity contribution in [3.05, 3.63) is 30.1 Å². The van der Waals surface area contributed by atoms with E-state index in [4.69, 9.17) is 0 Å². The Labute approximate surface area is 137 Å². The summed E-state index contributed by atoms with van der Waals surface area (Å²) >= 11 is 0. The van der Waals surface area contributed by atoms with Crippen molar-refractivity contribution in [2.75, 3.05) is 12.3 Å². The number of hydrogen-bond donors (Lipinski definition) is 0. The highest BCUT2D eigenvalue weighted by Gasteiger charge is 2.46. The van der Waals surface area contributed by atoms with E-state index >= 15 is 0 Å². The SMILES string of the molecule is CCCS(=O)(=O)N1CC[C@H]2[C@@H]1CCC(=O)N2Cc1ccncc1. The van der Waals surface area contributed by atoms with Gasteiger partial charge in [0.05, 0.1) is 5.75 Å². The monoisotopic (exact) mass is 337 g/mol. The topological polar surface area (TPSA) is 70.6 Å². The van der Waals surface area contributed by atoms with Gasteiger partial charge in [-0.05, 0) is 37.0 Å². The molecule has 0 radical (unpaired) electrons. The summed E-state index contributed by atoms with van der Waals surface area (Å²) < 4.78 is 26.5. The molecular formula is C16H23N3O3S. The van der Waals surface area contributed by atoms with E-state index in [9.17, 15) is 13.2 Å². The molecule has 2 atom stereocenters. The highest BCUT2D eigenvalue weighted by atomic mass is 32.2. The lowest BCUT2D eigenvalue weighted by Gasteiger charge is -2.39. The molecule has 126 valence electrons. The van der Waals surface area contributed by atoms with Crippen molar-refractivity contribution in [1.82, 2.24) is 14.2 Å². The molecule has 1 amide bonds. The Morgan fingerprint density at radius 3 is 2.65 bits per heavy atom. The van der Waals surface area contributed by atoms with E-state index in [1.807, 2.05) is 24.0 Å². The summed E-state index contributed by atoms with van der Waals surface area (Å²) in [5.74, 6) is 0.312. The van der Waals surface area contributed by atoms with Crippen LogP contribution in [0.4, 0.5) is 0 Å². The lowest BCUT2D eigenvalue weighted by atomic mass is 9.96. The minimum Gasteiger partial charge on any atom is -0.334 e. The number of carbonyl (C=O) groups is 1. The first-order valence-corrected chi connectivity index (χ1v) is 9.81. The summed E-state index contributed by atoms with van der Waals surface area (Å²) in [6, 6.07) is 3.73. The summed E-state index contributed by atoms with van der Waals surface area (Å²) in [6.45, 7) is 2.94. The van der Waals surface area contributed by atoms with Crippen LogP contribution in [0.5, 0.6) is 0 Å². The molecule has 1 aromatic rings. The lowest BCUT2D eigenvalue weighted by molar-refractivity contribution is -0.138. The first kappa shape index (κ1) is 16.4. The Morgan fingerprint density at radius 2 is 1.96 bits per heavy atom. The number of pyridine rings is 1. The van der Waals surface area contributed by atoms with Crippen LogP contribution in [-0.4, -0.2) is 52.9 Å². The van der Waals surface area contributed by atoms with Gasteiger partial charge in [0.15, 0.2) is 0 Å². The quantitative estimate of drug-likeness (QED) is 0.814. The third-order valence-corrected chi connectivity index (χ3v) is 6.85. The molecule has 3 rings (SSSR count). The molecule has 6 nitrogen and oxygen atoms in total. The van der Waals surface area contributed by atoms with Crippen molar-refractivity contribution in [3.63, 3.8) is 0 Å². The molecule has 2 aliphatic heterocycles. The van der Waals surface area contributed by atoms with Crippen LogP contribution in [0.15, 0.2) is 24.5 Å².